The number of carbonyl (C=O) groups excluding carboxylic acids is 1. The molecule has 0 atom stereocenters. The lowest BCUT2D eigenvalue weighted by atomic mass is 10.1. The van der Waals surface area contributed by atoms with Gasteiger partial charge in [0, 0.05) is 6.42 Å². The Kier molecular flexibility index (Phi) is 5.20. The Morgan fingerprint density at radius 2 is 2.00 bits per heavy atom. The van der Waals surface area contributed by atoms with Crippen molar-refractivity contribution >= 4 is 23.5 Å². The summed E-state index contributed by atoms with van der Waals surface area (Å²) in [6.45, 7) is 2.02. The highest BCUT2D eigenvalue weighted by molar-refractivity contribution is 6.44. The van der Waals surface area contributed by atoms with Crippen LogP contribution in [0.5, 0.6) is 0 Å². The molecule has 0 radical (unpaired) electrons. The fourth-order valence-electron chi connectivity index (χ4n) is 1.24. The van der Waals surface area contributed by atoms with Gasteiger partial charge in [-0.2, -0.15) is 0 Å². The monoisotopic (exact) mass is 240 g/mol. The summed E-state index contributed by atoms with van der Waals surface area (Å²) in [5.41, 5.74) is 0.733. The Bertz CT molecular complexity index is 381. The van der Waals surface area contributed by atoms with Gasteiger partial charge in [-0.1, -0.05) is 37.1 Å². The molecular formula is C13H14ClFO. The topological polar surface area (TPSA) is 17.1 Å². The molecule has 86 valence electrons. The molecule has 0 amide bonds. The zero-order valence-corrected chi connectivity index (χ0v) is 9.93. The van der Waals surface area contributed by atoms with E-state index in [0.717, 1.165) is 18.4 Å². The quantitative estimate of drug-likeness (QED) is 0.706. The van der Waals surface area contributed by atoms with E-state index >= 15 is 0 Å². The van der Waals surface area contributed by atoms with Crippen LogP contribution in [0.25, 0.3) is 6.08 Å². The minimum atomic E-state index is -0.300. The number of unbranched alkanes of at least 4 members (excludes halogenated alkanes) is 1. The van der Waals surface area contributed by atoms with Crippen molar-refractivity contribution in [3.8, 4) is 0 Å². The second kappa shape index (κ2) is 6.44. The third-order valence-electron chi connectivity index (χ3n) is 2.19. The third-order valence-corrected chi connectivity index (χ3v) is 2.51. The largest absolute Gasteiger partial charge is 0.293 e. The molecule has 0 bridgehead atoms. The summed E-state index contributed by atoms with van der Waals surface area (Å²) in [6, 6.07) is 5.86. The predicted octanol–water partition coefficient (Wildman–Crippen LogP) is 4.16. The average molecular weight is 241 g/mol. The molecule has 0 N–H and O–H groups in total. The summed E-state index contributed by atoms with van der Waals surface area (Å²) in [5.74, 6) is -0.363. The summed E-state index contributed by atoms with van der Waals surface area (Å²) in [5, 5.41) is 0.208. The standard InChI is InChI=1S/C13H14ClFO/c1-2-3-4-13(16)12(14)9-10-5-7-11(15)8-6-10/h5-9H,2-4H2,1H3/b12-9-. The molecule has 0 aromatic heterocycles. The second-order valence-corrected chi connectivity index (χ2v) is 3.98. The number of allylic oxidation sites excluding steroid dienone is 1. The maximum atomic E-state index is 12.6. The van der Waals surface area contributed by atoms with Gasteiger partial charge in [0.1, 0.15) is 5.82 Å². The van der Waals surface area contributed by atoms with E-state index < -0.39 is 0 Å². The number of carbonyl (C=O) groups is 1. The summed E-state index contributed by atoms with van der Waals surface area (Å²) in [7, 11) is 0. The van der Waals surface area contributed by atoms with E-state index in [2.05, 4.69) is 0 Å². The summed E-state index contributed by atoms with van der Waals surface area (Å²) >= 11 is 5.86. The van der Waals surface area contributed by atoms with Gasteiger partial charge in [0.25, 0.3) is 0 Å². The first-order valence-electron chi connectivity index (χ1n) is 5.29. The Labute approximate surface area is 99.9 Å². The molecule has 0 saturated heterocycles. The average Bonchev–Trinajstić information content (AvgIpc) is 2.29. The Morgan fingerprint density at radius 3 is 2.56 bits per heavy atom. The van der Waals surface area contributed by atoms with Crippen molar-refractivity contribution in [2.75, 3.05) is 0 Å². The number of halogens is 2. The first-order chi connectivity index (χ1) is 7.63. The fourth-order valence-corrected chi connectivity index (χ4v) is 1.46. The number of hydrogen-bond acceptors (Lipinski definition) is 1. The molecule has 0 aliphatic rings. The minimum absolute atomic E-state index is 0.0622. The Morgan fingerprint density at radius 1 is 1.38 bits per heavy atom. The molecule has 0 aliphatic carbocycles. The summed E-state index contributed by atoms with van der Waals surface area (Å²) in [4.78, 5) is 11.5. The van der Waals surface area contributed by atoms with Crippen LogP contribution in [0.1, 0.15) is 31.7 Å². The highest BCUT2D eigenvalue weighted by Crippen LogP contribution is 2.14. The zero-order valence-electron chi connectivity index (χ0n) is 9.17. The molecule has 1 nitrogen and oxygen atoms in total. The van der Waals surface area contributed by atoms with Gasteiger partial charge < -0.3 is 0 Å². The van der Waals surface area contributed by atoms with Crippen LogP contribution in [0.15, 0.2) is 29.3 Å². The minimum Gasteiger partial charge on any atom is -0.293 e. The van der Waals surface area contributed by atoms with Crippen LogP contribution in [0.3, 0.4) is 0 Å². The van der Waals surface area contributed by atoms with Gasteiger partial charge in [0.2, 0.25) is 0 Å². The lowest BCUT2D eigenvalue weighted by Crippen LogP contribution is -1.96. The second-order valence-electron chi connectivity index (χ2n) is 3.57. The SMILES string of the molecule is CCCCC(=O)/C(Cl)=C/c1ccc(F)cc1. The maximum Gasteiger partial charge on any atom is 0.174 e. The van der Waals surface area contributed by atoms with E-state index in [9.17, 15) is 9.18 Å². The first kappa shape index (κ1) is 12.9. The number of ketones is 1. The van der Waals surface area contributed by atoms with Crippen LogP contribution >= 0.6 is 11.6 Å². The molecule has 0 spiro atoms. The molecule has 0 fully saturated rings. The van der Waals surface area contributed by atoms with Crippen LogP contribution in [-0.2, 0) is 4.79 Å². The van der Waals surface area contributed by atoms with Crippen molar-refractivity contribution in [1.82, 2.24) is 0 Å². The number of hydrogen-bond donors (Lipinski definition) is 0. The van der Waals surface area contributed by atoms with Crippen LogP contribution in [0.2, 0.25) is 0 Å². The first-order valence-corrected chi connectivity index (χ1v) is 5.67. The fraction of sp³-hybridized carbons (Fsp3) is 0.308. The predicted molar refractivity (Wildman–Crippen MR) is 64.8 cm³/mol. The van der Waals surface area contributed by atoms with E-state index in [0.29, 0.717) is 6.42 Å². The maximum absolute atomic E-state index is 12.6. The van der Waals surface area contributed by atoms with Crippen LogP contribution < -0.4 is 0 Å². The molecule has 1 rings (SSSR count). The van der Waals surface area contributed by atoms with E-state index in [-0.39, 0.29) is 16.6 Å². The molecule has 1 aromatic carbocycles. The van der Waals surface area contributed by atoms with Crippen molar-refractivity contribution in [3.63, 3.8) is 0 Å². The lowest BCUT2D eigenvalue weighted by molar-refractivity contribution is -0.115. The Balaban J connectivity index is 2.68. The number of Topliss-reactive ketones (excluding diaryl/α,β-unsaturated/α-hetero) is 1. The number of rotatable bonds is 5. The molecular weight excluding hydrogens is 227 g/mol. The molecule has 0 aliphatic heterocycles. The van der Waals surface area contributed by atoms with E-state index in [1.807, 2.05) is 6.92 Å². The van der Waals surface area contributed by atoms with Gasteiger partial charge in [-0.25, -0.2) is 4.39 Å². The molecule has 1 aromatic rings. The molecule has 0 heterocycles. The highest BCUT2D eigenvalue weighted by Gasteiger charge is 2.05. The van der Waals surface area contributed by atoms with Gasteiger partial charge in [-0.05, 0) is 30.2 Å². The van der Waals surface area contributed by atoms with Crippen LogP contribution in [0.4, 0.5) is 4.39 Å². The van der Waals surface area contributed by atoms with Crippen molar-refractivity contribution in [2.24, 2.45) is 0 Å². The summed E-state index contributed by atoms with van der Waals surface area (Å²) in [6.07, 6.45) is 3.84. The highest BCUT2D eigenvalue weighted by atomic mass is 35.5. The Hall–Kier alpha value is -1.15. The van der Waals surface area contributed by atoms with Gasteiger partial charge in [0.15, 0.2) is 5.78 Å². The van der Waals surface area contributed by atoms with Crippen molar-refractivity contribution < 1.29 is 9.18 Å². The van der Waals surface area contributed by atoms with Gasteiger partial charge in [-0.3, -0.25) is 4.79 Å². The van der Waals surface area contributed by atoms with Gasteiger partial charge in [-0.15, -0.1) is 0 Å². The van der Waals surface area contributed by atoms with Crippen molar-refractivity contribution in [1.29, 1.82) is 0 Å². The van der Waals surface area contributed by atoms with Gasteiger partial charge >= 0.3 is 0 Å². The normalized spacial score (nSPS) is 11.6. The molecule has 0 unspecified atom stereocenters. The molecule has 3 heteroatoms. The van der Waals surface area contributed by atoms with Crippen LogP contribution in [0, 0.1) is 5.82 Å². The van der Waals surface area contributed by atoms with Crippen LogP contribution in [-0.4, -0.2) is 5.78 Å². The zero-order chi connectivity index (χ0) is 12.0. The summed E-state index contributed by atoms with van der Waals surface area (Å²) < 4.78 is 12.6. The van der Waals surface area contributed by atoms with E-state index in [4.69, 9.17) is 11.6 Å². The lowest BCUT2D eigenvalue weighted by Gasteiger charge is -1.98. The van der Waals surface area contributed by atoms with E-state index in [1.54, 1.807) is 18.2 Å². The molecule has 16 heavy (non-hydrogen) atoms. The van der Waals surface area contributed by atoms with Crippen molar-refractivity contribution in [3.05, 3.63) is 40.7 Å². The van der Waals surface area contributed by atoms with E-state index in [1.165, 1.54) is 12.1 Å². The third kappa shape index (κ3) is 4.15. The number of benzene rings is 1. The smallest absolute Gasteiger partial charge is 0.174 e. The van der Waals surface area contributed by atoms with Gasteiger partial charge in [0.05, 0.1) is 5.03 Å². The van der Waals surface area contributed by atoms with Crippen molar-refractivity contribution in [2.45, 2.75) is 26.2 Å². The molecule has 0 saturated carbocycles.